The minimum absolute atomic E-state index is 0.111. The van der Waals surface area contributed by atoms with Crippen molar-refractivity contribution in [2.45, 2.75) is 18.8 Å². The molecule has 0 bridgehead atoms. The second-order valence-electron chi connectivity index (χ2n) is 4.93. The third-order valence-electron chi connectivity index (χ3n) is 3.38. The van der Waals surface area contributed by atoms with Crippen LogP contribution in [0.1, 0.15) is 40.5 Å². The van der Waals surface area contributed by atoms with Crippen molar-refractivity contribution in [2.75, 3.05) is 11.1 Å². The molecule has 4 N–H and O–H groups in total. The van der Waals surface area contributed by atoms with Crippen LogP contribution in [0.15, 0.2) is 18.2 Å². The number of carbonyl (C=O) groups is 1. The number of anilines is 2. The fourth-order valence-electron chi connectivity index (χ4n) is 2.10. The predicted molar refractivity (Wildman–Crippen MR) is 74.0 cm³/mol. The second-order valence-corrected chi connectivity index (χ2v) is 4.93. The van der Waals surface area contributed by atoms with Gasteiger partial charge in [0.05, 0.1) is 16.9 Å². The molecule has 0 spiro atoms. The SMILES string of the molecule is N#Cc1cc(NC(=O)c2n[nH]c(C3CC3)c2N)ccc1F. The molecular weight excluding hydrogens is 273 g/mol. The number of carbonyl (C=O) groups excluding carboxylic acids is 1. The summed E-state index contributed by atoms with van der Waals surface area (Å²) >= 11 is 0. The molecule has 7 heteroatoms. The van der Waals surface area contributed by atoms with Gasteiger partial charge in [-0.05, 0) is 31.0 Å². The Balaban J connectivity index is 1.82. The third-order valence-corrected chi connectivity index (χ3v) is 3.38. The zero-order chi connectivity index (χ0) is 15.0. The van der Waals surface area contributed by atoms with Gasteiger partial charge in [-0.2, -0.15) is 10.4 Å². The van der Waals surface area contributed by atoms with Crippen molar-refractivity contribution in [1.29, 1.82) is 5.26 Å². The lowest BCUT2D eigenvalue weighted by Gasteiger charge is -2.04. The number of aromatic amines is 1. The number of nitrogens with zero attached hydrogens (tertiary/aromatic N) is 2. The average molecular weight is 285 g/mol. The molecule has 1 fully saturated rings. The first-order chi connectivity index (χ1) is 10.1. The zero-order valence-corrected chi connectivity index (χ0v) is 11.0. The van der Waals surface area contributed by atoms with E-state index < -0.39 is 11.7 Å². The van der Waals surface area contributed by atoms with E-state index in [-0.39, 0.29) is 11.3 Å². The Bertz CT molecular complexity index is 757. The second kappa shape index (κ2) is 4.90. The first-order valence-corrected chi connectivity index (χ1v) is 6.45. The molecule has 2 aromatic rings. The van der Waals surface area contributed by atoms with Crippen LogP contribution in [-0.4, -0.2) is 16.1 Å². The van der Waals surface area contributed by atoms with E-state index in [1.165, 1.54) is 12.1 Å². The number of nitrogens with one attached hydrogen (secondary N) is 2. The van der Waals surface area contributed by atoms with Gasteiger partial charge in [0.25, 0.3) is 5.91 Å². The molecule has 21 heavy (non-hydrogen) atoms. The van der Waals surface area contributed by atoms with E-state index in [0.29, 0.717) is 17.3 Å². The van der Waals surface area contributed by atoms with Crippen LogP contribution in [0.5, 0.6) is 0 Å². The number of halogens is 1. The Hall–Kier alpha value is -2.88. The largest absolute Gasteiger partial charge is 0.395 e. The van der Waals surface area contributed by atoms with E-state index >= 15 is 0 Å². The van der Waals surface area contributed by atoms with Crippen molar-refractivity contribution in [3.8, 4) is 6.07 Å². The van der Waals surface area contributed by atoms with E-state index in [2.05, 4.69) is 15.5 Å². The summed E-state index contributed by atoms with van der Waals surface area (Å²) < 4.78 is 13.2. The van der Waals surface area contributed by atoms with Crippen LogP contribution in [0, 0.1) is 17.1 Å². The molecular formula is C14H12FN5O. The van der Waals surface area contributed by atoms with Gasteiger partial charge in [0.15, 0.2) is 5.69 Å². The van der Waals surface area contributed by atoms with Crippen LogP contribution in [0.4, 0.5) is 15.8 Å². The highest BCUT2D eigenvalue weighted by atomic mass is 19.1. The monoisotopic (exact) mass is 285 g/mol. The summed E-state index contributed by atoms with van der Waals surface area (Å²) in [5, 5.41) is 18.0. The van der Waals surface area contributed by atoms with E-state index in [0.717, 1.165) is 24.6 Å². The molecule has 1 saturated carbocycles. The molecule has 6 nitrogen and oxygen atoms in total. The minimum Gasteiger partial charge on any atom is -0.395 e. The fraction of sp³-hybridized carbons (Fsp3) is 0.214. The maximum absolute atomic E-state index is 13.2. The maximum Gasteiger partial charge on any atom is 0.278 e. The van der Waals surface area contributed by atoms with E-state index in [1.54, 1.807) is 6.07 Å². The number of hydrogen-bond acceptors (Lipinski definition) is 4. The van der Waals surface area contributed by atoms with E-state index in [1.807, 2.05) is 0 Å². The summed E-state index contributed by atoms with van der Waals surface area (Å²) in [5.41, 5.74) is 7.33. The van der Waals surface area contributed by atoms with Crippen LogP contribution in [-0.2, 0) is 0 Å². The molecule has 3 rings (SSSR count). The summed E-state index contributed by atoms with van der Waals surface area (Å²) in [6.45, 7) is 0. The van der Waals surface area contributed by atoms with E-state index in [9.17, 15) is 9.18 Å². The average Bonchev–Trinajstić information content (AvgIpc) is 3.23. The number of nitrogens with two attached hydrogens (primary N) is 1. The number of nitriles is 1. The molecule has 0 saturated heterocycles. The third kappa shape index (κ3) is 2.43. The molecule has 1 aromatic heterocycles. The standard InChI is InChI=1S/C14H12FN5O/c15-10-4-3-9(5-8(10)6-16)18-14(21)13-11(17)12(19-20-13)7-1-2-7/h3-5,7H,1-2,17H2,(H,18,21)(H,19,20). The lowest BCUT2D eigenvalue weighted by molar-refractivity contribution is 0.102. The van der Waals surface area contributed by atoms with Crippen LogP contribution in [0.2, 0.25) is 0 Å². The van der Waals surface area contributed by atoms with Crippen molar-refractivity contribution >= 4 is 17.3 Å². The zero-order valence-electron chi connectivity index (χ0n) is 11.0. The van der Waals surface area contributed by atoms with Crippen LogP contribution in [0.25, 0.3) is 0 Å². The summed E-state index contributed by atoms with van der Waals surface area (Å²) in [6, 6.07) is 5.47. The van der Waals surface area contributed by atoms with Gasteiger partial charge in [-0.15, -0.1) is 0 Å². The van der Waals surface area contributed by atoms with Crippen molar-refractivity contribution in [3.05, 3.63) is 41.0 Å². The molecule has 1 aliphatic rings. The Morgan fingerprint density at radius 2 is 2.29 bits per heavy atom. The fourth-order valence-corrected chi connectivity index (χ4v) is 2.10. The van der Waals surface area contributed by atoms with Gasteiger partial charge >= 0.3 is 0 Å². The van der Waals surface area contributed by atoms with Crippen molar-refractivity contribution in [2.24, 2.45) is 0 Å². The molecule has 0 atom stereocenters. The molecule has 0 aliphatic heterocycles. The number of nitrogen functional groups attached to an aromatic ring is 1. The summed E-state index contributed by atoms with van der Waals surface area (Å²) in [4.78, 5) is 12.1. The van der Waals surface area contributed by atoms with Gasteiger partial charge in [0.2, 0.25) is 0 Å². The van der Waals surface area contributed by atoms with Gasteiger partial charge in [0.1, 0.15) is 11.9 Å². The molecule has 1 aliphatic carbocycles. The van der Waals surface area contributed by atoms with Gasteiger partial charge in [-0.3, -0.25) is 9.89 Å². The van der Waals surface area contributed by atoms with Gasteiger partial charge < -0.3 is 11.1 Å². The number of aromatic nitrogens is 2. The lowest BCUT2D eigenvalue weighted by Crippen LogP contribution is -2.14. The number of H-pyrrole nitrogens is 1. The van der Waals surface area contributed by atoms with Crippen LogP contribution >= 0.6 is 0 Å². The Morgan fingerprint density at radius 1 is 1.52 bits per heavy atom. The molecule has 1 aromatic carbocycles. The smallest absolute Gasteiger partial charge is 0.278 e. The molecule has 1 amide bonds. The first kappa shape index (κ1) is 13.1. The van der Waals surface area contributed by atoms with Crippen LogP contribution in [0.3, 0.4) is 0 Å². The summed E-state index contributed by atoms with van der Waals surface area (Å²) in [6.07, 6.45) is 2.08. The topological polar surface area (TPSA) is 108 Å². The van der Waals surface area contributed by atoms with Gasteiger partial charge in [-0.25, -0.2) is 4.39 Å². The molecule has 0 radical (unpaired) electrons. The van der Waals surface area contributed by atoms with Crippen molar-refractivity contribution in [1.82, 2.24) is 10.2 Å². The van der Waals surface area contributed by atoms with Crippen molar-refractivity contribution in [3.63, 3.8) is 0 Å². The minimum atomic E-state index is -0.634. The highest BCUT2D eigenvalue weighted by molar-refractivity contribution is 6.06. The van der Waals surface area contributed by atoms with Crippen LogP contribution < -0.4 is 11.1 Å². The van der Waals surface area contributed by atoms with Crippen molar-refractivity contribution < 1.29 is 9.18 Å². The predicted octanol–water partition coefficient (Wildman–Crippen LogP) is 2.13. The number of hydrogen-bond donors (Lipinski definition) is 3. The number of rotatable bonds is 3. The molecule has 0 unspecified atom stereocenters. The highest BCUT2D eigenvalue weighted by Crippen LogP contribution is 2.42. The number of benzene rings is 1. The van der Waals surface area contributed by atoms with Gasteiger partial charge in [0, 0.05) is 11.6 Å². The first-order valence-electron chi connectivity index (χ1n) is 6.45. The van der Waals surface area contributed by atoms with E-state index in [4.69, 9.17) is 11.0 Å². The Kier molecular flexibility index (Phi) is 3.06. The highest BCUT2D eigenvalue weighted by Gasteiger charge is 2.30. The molecule has 1 heterocycles. The molecule has 106 valence electrons. The number of amides is 1. The van der Waals surface area contributed by atoms with Gasteiger partial charge in [-0.1, -0.05) is 0 Å². The summed E-state index contributed by atoms with van der Waals surface area (Å²) in [5.74, 6) is -0.771. The quantitative estimate of drug-likeness (QED) is 0.802. The Morgan fingerprint density at radius 3 is 2.95 bits per heavy atom. The lowest BCUT2D eigenvalue weighted by atomic mass is 10.2. The maximum atomic E-state index is 13.2. The normalized spacial score (nSPS) is 13.7. The summed E-state index contributed by atoms with van der Waals surface area (Å²) in [7, 11) is 0. The Labute approximate surface area is 119 Å².